The van der Waals surface area contributed by atoms with Gasteiger partial charge in [-0.15, -0.1) is 0 Å². The molecule has 1 aliphatic heterocycles. The molecule has 4 nitrogen and oxygen atoms in total. The summed E-state index contributed by atoms with van der Waals surface area (Å²) in [5, 5.41) is 9.20. The summed E-state index contributed by atoms with van der Waals surface area (Å²) in [6.07, 6.45) is 2.05. The number of nitrogens with zero attached hydrogens (tertiary/aromatic N) is 3. The molecule has 2 aromatic rings. The van der Waals surface area contributed by atoms with Gasteiger partial charge in [0.05, 0.1) is 12.1 Å². The summed E-state index contributed by atoms with van der Waals surface area (Å²) in [5.74, 6) is 1.11. The van der Waals surface area contributed by atoms with Gasteiger partial charge in [0.2, 0.25) is 0 Å². The number of imidazole rings is 1. The number of piperidine rings is 1. The van der Waals surface area contributed by atoms with Crippen molar-refractivity contribution in [3.05, 3.63) is 29.8 Å². The second-order valence-corrected chi connectivity index (χ2v) is 5.78. The molecule has 0 atom stereocenters. The minimum Gasteiger partial charge on any atom is -0.396 e. The lowest BCUT2D eigenvalue weighted by Gasteiger charge is -2.30. The fraction of sp³-hybridized carbons (Fsp3) is 0.562. The summed E-state index contributed by atoms with van der Waals surface area (Å²) in [7, 11) is 0. The third-order valence-electron chi connectivity index (χ3n) is 4.46. The van der Waals surface area contributed by atoms with Crippen molar-refractivity contribution in [3.8, 4) is 0 Å². The highest BCUT2D eigenvalue weighted by atomic mass is 19.1. The molecule has 114 valence electrons. The third-order valence-corrected chi connectivity index (χ3v) is 4.46. The SMILES string of the molecule is CCn1c(CN2CCC(CO)CC2)nc2c(F)cccc21. The number of rotatable bonds is 4. The molecule has 0 radical (unpaired) electrons. The van der Waals surface area contributed by atoms with E-state index in [-0.39, 0.29) is 12.4 Å². The van der Waals surface area contributed by atoms with Crippen LogP contribution in [-0.2, 0) is 13.1 Å². The predicted octanol–water partition coefficient (Wildman–Crippen LogP) is 2.40. The molecular weight excluding hydrogens is 269 g/mol. The molecule has 1 N–H and O–H groups in total. The predicted molar refractivity (Wildman–Crippen MR) is 80.5 cm³/mol. The van der Waals surface area contributed by atoms with Crippen LogP contribution >= 0.6 is 0 Å². The molecule has 0 spiro atoms. The molecule has 0 saturated carbocycles. The minimum atomic E-state index is -0.250. The van der Waals surface area contributed by atoms with Crippen LogP contribution in [0.5, 0.6) is 0 Å². The summed E-state index contributed by atoms with van der Waals surface area (Å²) in [6.45, 7) is 5.84. The summed E-state index contributed by atoms with van der Waals surface area (Å²) < 4.78 is 16.0. The van der Waals surface area contributed by atoms with Crippen molar-refractivity contribution in [3.63, 3.8) is 0 Å². The first-order chi connectivity index (χ1) is 10.2. The smallest absolute Gasteiger partial charge is 0.151 e. The van der Waals surface area contributed by atoms with Gasteiger partial charge in [0.15, 0.2) is 5.82 Å². The molecule has 1 aromatic carbocycles. The van der Waals surface area contributed by atoms with E-state index in [0.29, 0.717) is 11.4 Å². The molecule has 1 aliphatic rings. The molecule has 2 heterocycles. The zero-order valence-electron chi connectivity index (χ0n) is 12.4. The van der Waals surface area contributed by atoms with Gasteiger partial charge in [0.1, 0.15) is 11.3 Å². The molecule has 1 fully saturated rings. The highest BCUT2D eigenvalue weighted by molar-refractivity contribution is 5.76. The van der Waals surface area contributed by atoms with Crippen molar-refractivity contribution in [2.24, 2.45) is 5.92 Å². The van der Waals surface area contributed by atoms with Crippen LogP contribution in [0.25, 0.3) is 11.0 Å². The Morgan fingerprint density at radius 1 is 1.33 bits per heavy atom. The number of para-hydroxylation sites is 1. The van der Waals surface area contributed by atoms with Gasteiger partial charge in [0.25, 0.3) is 0 Å². The molecule has 3 rings (SSSR count). The average Bonchev–Trinajstić information content (AvgIpc) is 2.87. The van der Waals surface area contributed by atoms with E-state index in [1.165, 1.54) is 6.07 Å². The van der Waals surface area contributed by atoms with E-state index >= 15 is 0 Å². The molecular formula is C16H22FN3O. The van der Waals surface area contributed by atoms with Gasteiger partial charge in [-0.05, 0) is 50.9 Å². The number of aromatic nitrogens is 2. The molecule has 0 aliphatic carbocycles. The standard InChI is InChI=1S/C16H22FN3O/c1-2-20-14-5-3-4-13(17)16(14)18-15(20)10-19-8-6-12(11-21)7-9-19/h3-5,12,21H,2,6-11H2,1H3. The van der Waals surface area contributed by atoms with Crippen molar-refractivity contribution in [2.75, 3.05) is 19.7 Å². The summed E-state index contributed by atoms with van der Waals surface area (Å²) in [5.41, 5.74) is 1.34. The Balaban J connectivity index is 1.82. The number of aliphatic hydroxyl groups excluding tert-OH is 1. The first kappa shape index (κ1) is 14.5. The van der Waals surface area contributed by atoms with E-state index in [2.05, 4.69) is 21.4 Å². The number of hydrogen-bond donors (Lipinski definition) is 1. The van der Waals surface area contributed by atoms with E-state index in [1.807, 2.05) is 6.07 Å². The molecule has 5 heteroatoms. The van der Waals surface area contributed by atoms with Gasteiger partial charge in [-0.3, -0.25) is 4.90 Å². The van der Waals surface area contributed by atoms with Gasteiger partial charge in [0, 0.05) is 13.2 Å². The van der Waals surface area contributed by atoms with Crippen LogP contribution in [0, 0.1) is 11.7 Å². The number of hydrogen-bond acceptors (Lipinski definition) is 3. The molecule has 0 unspecified atom stereocenters. The van der Waals surface area contributed by atoms with Gasteiger partial charge >= 0.3 is 0 Å². The van der Waals surface area contributed by atoms with Crippen molar-refractivity contribution < 1.29 is 9.50 Å². The number of benzene rings is 1. The van der Waals surface area contributed by atoms with Crippen LogP contribution in [-0.4, -0.2) is 39.3 Å². The molecule has 0 bridgehead atoms. The van der Waals surface area contributed by atoms with E-state index in [9.17, 15) is 9.50 Å². The Labute approximate surface area is 124 Å². The number of fused-ring (bicyclic) bond motifs is 1. The first-order valence-corrected chi connectivity index (χ1v) is 7.69. The van der Waals surface area contributed by atoms with Crippen LogP contribution in [0.15, 0.2) is 18.2 Å². The van der Waals surface area contributed by atoms with Crippen molar-refractivity contribution in [2.45, 2.75) is 32.9 Å². The van der Waals surface area contributed by atoms with Gasteiger partial charge < -0.3 is 9.67 Å². The van der Waals surface area contributed by atoms with Gasteiger partial charge in [-0.1, -0.05) is 6.07 Å². The maximum absolute atomic E-state index is 13.9. The monoisotopic (exact) mass is 291 g/mol. The Hall–Kier alpha value is -1.46. The van der Waals surface area contributed by atoms with Crippen molar-refractivity contribution in [1.29, 1.82) is 0 Å². The van der Waals surface area contributed by atoms with Crippen molar-refractivity contribution >= 4 is 11.0 Å². The maximum Gasteiger partial charge on any atom is 0.151 e. The fourth-order valence-electron chi connectivity index (χ4n) is 3.16. The molecule has 1 saturated heterocycles. The highest BCUT2D eigenvalue weighted by Crippen LogP contribution is 2.22. The normalized spacial score (nSPS) is 17.7. The van der Waals surface area contributed by atoms with Crippen LogP contribution in [0.3, 0.4) is 0 Å². The first-order valence-electron chi connectivity index (χ1n) is 7.69. The summed E-state index contributed by atoms with van der Waals surface area (Å²) in [4.78, 5) is 6.86. The minimum absolute atomic E-state index is 0.250. The number of likely N-dealkylation sites (tertiary alicyclic amines) is 1. The van der Waals surface area contributed by atoms with Crippen LogP contribution in [0.4, 0.5) is 4.39 Å². The van der Waals surface area contributed by atoms with Crippen molar-refractivity contribution in [1.82, 2.24) is 14.5 Å². The van der Waals surface area contributed by atoms with E-state index in [4.69, 9.17) is 0 Å². The van der Waals surface area contributed by atoms with E-state index < -0.39 is 0 Å². The van der Waals surface area contributed by atoms with E-state index in [0.717, 1.165) is 50.4 Å². The van der Waals surface area contributed by atoms with Gasteiger partial charge in [-0.2, -0.15) is 0 Å². The lowest BCUT2D eigenvalue weighted by Crippen LogP contribution is -2.35. The highest BCUT2D eigenvalue weighted by Gasteiger charge is 2.21. The number of aryl methyl sites for hydroxylation is 1. The van der Waals surface area contributed by atoms with Crippen LogP contribution in [0.1, 0.15) is 25.6 Å². The quantitative estimate of drug-likeness (QED) is 0.940. The van der Waals surface area contributed by atoms with E-state index in [1.54, 1.807) is 6.07 Å². The topological polar surface area (TPSA) is 41.3 Å². The summed E-state index contributed by atoms with van der Waals surface area (Å²) >= 11 is 0. The second-order valence-electron chi connectivity index (χ2n) is 5.78. The molecule has 21 heavy (non-hydrogen) atoms. The Bertz CT molecular complexity index is 617. The Morgan fingerprint density at radius 2 is 2.10 bits per heavy atom. The average molecular weight is 291 g/mol. The largest absolute Gasteiger partial charge is 0.396 e. The Kier molecular flexibility index (Phi) is 4.22. The van der Waals surface area contributed by atoms with Crippen LogP contribution in [0.2, 0.25) is 0 Å². The van der Waals surface area contributed by atoms with Gasteiger partial charge in [-0.25, -0.2) is 9.37 Å². The zero-order valence-corrected chi connectivity index (χ0v) is 12.4. The zero-order chi connectivity index (χ0) is 14.8. The maximum atomic E-state index is 13.9. The molecule has 1 aromatic heterocycles. The lowest BCUT2D eigenvalue weighted by molar-refractivity contribution is 0.125. The molecule has 0 amide bonds. The summed E-state index contributed by atoms with van der Waals surface area (Å²) in [6, 6.07) is 5.13. The van der Waals surface area contributed by atoms with Crippen LogP contribution < -0.4 is 0 Å². The second kappa shape index (κ2) is 6.12. The lowest BCUT2D eigenvalue weighted by atomic mass is 9.98. The Morgan fingerprint density at radius 3 is 2.76 bits per heavy atom. The third kappa shape index (κ3) is 2.80. The number of aliphatic hydroxyl groups is 1. The number of halogens is 1. The fourth-order valence-corrected chi connectivity index (χ4v) is 3.16.